The standard InChI is InChI=1S/C22H15Cl2FN2O2S/c23-14-5-8-16(9-6-14)29-11-12-30-22-26-20-4-2-1-3-17(20)21(28)27(22)15-7-10-19(25)18(24)13-15/h1-10,13H,11-12H2. The maximum absolute atomic E-state index is 13.6. The van der Waals surface area contributed by atoms with E-state index in [9.17, 15) is 9.18 Å². The molecule has 3 aromatic carbocycles. The molecule has 1 aromatic heterocycles. The van der Waals surface area contributed by atoms with Gasteiger partial charge in [0, 0.05) is 10.8 Å². The highest BCUT2D eigenvalue weighted by Crippen LogP contribution is 2.24. The van der Waals surface area contributed by atoms with Gasteiger partial charge in [-0.3, -0.25) is 9.36 Å². The van der Waals surface area contributed by atoms with Crippen LogP contribution in [0.15, 0.2) is 76.7 Å². The normalized spacial score (nSPS) is 11.0. The molecule has 0 amide bonds. The summed E-state index contributed by atoms with van der Waals surface area (Å²) >= 11 is 13.2. The summed E-state index contributed by atoms with van der Waals surface area (Å²) in [7, 11) is 0. The molecule has 0 aliphatic heterocycles. The zero-order valence-electron chi connectivity index (χ0n) is 15.5. The van der Waals surface area contributed by atoms with Crippen molar-refractivity contribution in [3.63, 3.8) is 0 Å². The van der Waals surface area contributed by atoms with Gasteiger partial charge in [-0.05, 0) is 54.6 Å². The zero-order chi connectivity index (χ0) is 21.1. The first kappa shape index (κ1) is 20.7. The average Bonchev–Trinajstić information content (AvgIpc) is 2.75. The average molecular weight is 461 g/mol. The third-order valence-electron chi connectivity index (χ3n) is 4.30. The fourth-order valence-electron chi connectivity index (χ4n) is 2.88. The van der Waals surface area contributed by atoms with Gasteiger partial charge >= 0.3 is 0 Å². The largest absolute Gasteiger partial charge is 0.493 e. The van der Waals surface area contributed by atoms with Crippen molar-refractivity contribution < 1.29 is 9.13 Å². The van der Waals surface area contributed by atoms with Crippen LogP contribution in [0.4, 0.5) is 4.39 Å². The van der Waals surface area contributed by atoms with E-state index in [1.165, 1.54) is 34.5 Å². The molecule has 30 heavy (non-hydrogen) atoms. The Kier molecular flexibility index (Phi) is 6.27. The van der Waals surface area contributed by atoms with Crippen LogP contribution in [0.3, 0.4) is 0 Å². The summed E-state index contributed by atoms with van der Waals surface area (Å²) in [6, 6.07) is 18.3. The number of halogens is 3. The molecule has 152 valence electrons. The summed E-state index contributed by atoms with van der Waals surface area (Å²) in [6.45, 7) is 0.402. The first-order chi connectivity index (χ1) is 14.5. The molecule has 0 saturated heterocycles. The van der Waals surface area contributed by atoms with Crippen molar-refractivity contribution in [3.05, 3.63) is 92.9 Å². The number of aromatic nitrogens is 2. The van der Waals surface area contributed by atoms with Gasteiger partial charge in [0.2, 0.25) is 0 Å². The Morgan fingerprint density at radius 2 is 1.80 bits per heavy atom. The number of benzene rings is 3. The summed E-state index contributed by atoms with van der Waals surface area (Å²) < 4.78 is 20.8. The summed E-state index contributed by atoms with van der Waals surface area (Å²) in [5.41, 5.74) is 0.795. The van der Waals surface area contributed by atoms with Gasteiger partial charge in [-0.25, -0.2) is 9.37 Å². The Balaban J connectivity index is 1.64. The third kappa shape index (κ3) is 4.46. The van der Waals surface area contributed by atoms with Gasteiger partial charge in [-0.2, -0.15) is 0 Å². The molecule has 0 atom stereocenters. The molecule has 0 N–H and O–H groups in total. The predicted molar refractivity (Wildman–Crippen MR) is 120 cm³/mol. The van der Waals surface area contributed by atoms with E-state index in [1.807, 2.05) is 6.07 Å². The molecule has 0 radical (unpaired) electrons. The van der Waals surface area contributed by atoms with Crippen molar-refractivity contribution in [1.82, 2.24) is 9.55 Å². The number of thioether (sulfide) groups is 1. The number of ether oxygens (including phenoxy) is 1. The molecule has 0 fully saturated rings. The van der Waals surface area contributed by atoms with Crippen molar-refractivity contribution in [2.24, 2.45) is 0 Å². The lowest BCUT2D eigenvalue weighted by Gasteiger charge is -2.14. The molecular weight excluding hydrogens is 446 g/mol. The Morgan fingerprint density at radius 1 is 1.03 bits per heavy atom. The van der Waals surface area contributed by atoms with Gasteiger partial charge in [0.25, 0.3) is 5.56 Å². The maximum Gasteiger partial charge on any atom is 0.266 e. The molecule has 4 rings (SSSR count). The van der Waals surface area contributed by atoms with E-state index < -0.39 is 5.82 Å². The minimum absolute atomic E-state index is 0.0606. The van der Waals surface area contributed by atoms with E-state index >= 15 is 0 Å². The van der Waals surface area contributed by atoms with Gasteiger partial charge in [-0.1, -0.05) is 47.1 Å². The van der Waals surface area contributed by atoms with Crippen molar-refractivity contribution >= 4 is 45.9 Å². The zero-order valence-corrected chi connectivity index (χ0v) is 17.8. The van der Waals surface area contributed by atoms with Crippen LogP contribution in [0, 0.1) is 5.82 Å². The minimum atomic E-state index is -0.548. The van der Waals surface area contributed by atoms with Crippen LogP contribution in [0.25, 0.3) is 16.6 Å². The summed E-state index contributed by atoms with van der Waals surface area (Å²) in [6.07, 6.45) is 0. The molecule has 8 heteroatoms. The highest BCUT2D eigenvalue weighted by molar-refractivity contribution is 7.99. The van der Waals surface area contributed by atoms with Gasteiger partial charge in [0.05, 0.1) is 28.2 Å². The lowest BCUT2D eigenvalue weighted by Crippen LogP contribution is -2.22. The third-order valence-corrected chi connectivity index (χ3v) is 5.75. The second-order valence-electron chi connectivity index (χ2n) is 6.30. The first-order valence-corrected chi connectivity index (χ1v) is 10.8. The van der Waals surface area contributed by atoms with E-state index in [-0.39, 0.29) is 10.6 Å². The quantitative estimate of drug-likeness (QED) is 0.201. The van der Waals surface area contributed by atoms with Crippen LogP contribution in [0.2, 0.25) is 10.0 Å². The highest BCUT2D eigenvalue weighted by Gasteiger charge is 2.14. The van der Waals surface area contributed by atoms with E-state index in [1.54, 1.807) is 42.5 Å². The second-order valence-corrected chi connectivity index (χ2v) is 8.21. The predicted octanol–water partition coefficient (Wildman–Crippen LogP) is 6.00. The number of fused-ring (bicyclic) bond motifs is 1. The molecule has 4 nitrogen and oxygen atoms in total. The van der Waals surface area contributed by atoms with E-state index in [0.29, 0.717) is 44.9 Å². The first-order valence-electron chi connectivity index (χ1n) is 9.01. The van der Waals surface area contributed by atoms with Gasteiger partial charge in [0.15, 0.2) is 5.16 Å². The van der Waals surface area contributed by atoms with Crippen LogP contribution in [-0.2, 0) is 0 Å². The number of nitrogens with zero attached hydrogens (tertiary/aromatic N) is 2. The smallest absolute Gasteiger partial charge is 0.266 e. The van der Waals surface area contributed by atoms with Crippen molar-refractivity contribution in [3.8, 4) is 11.4 Å². The Labute approximate surface area is 186 Å². The lowest BCUT2D eigenvalue weighted by atomic mass is 10.2. The Bertz CT molecular complexity index is 1260. The number of hydrogen-bond donors (Lipinski definition) is 0. The Morgan fingerprint density at radius 3 is 2.57 bits per heavy atom. The molecule has 1 heterocycles. The van der Waals surface area contributed by atoms with Crippen LogP contribution in [-0.4, -0.2) is 21.9 Å². The topological polar surface area (TPSA) is 44.1 Å². The van der Waals surface area contributed by atoms with Crippen LogP contribution >= 0.6 is 35.0 Å². The van der Waals surface area contributed by atoms with Crippen LogP contribution < -0.4 is 10.3 Å². The van der Waals surface area contributed by atoms with Crippen molar-refractivity contribution in [2.75, 3.05) is 12.4 Å². The van der Waals surface area contributed by atoms with Gasteiger partial charge in [-0.15, -0.1) is 0 Å². The van der Waals surface area contributed by atoms with E-state index in [2.05, 4.69) is 4.98 Å². The van der Waals surface area contributed by atoms with Gasteiger partial charge < -0.3 is 4.74 Å². The van der Waals surface area contributed by atoms with Crippen LogP contribution in [0.5, 0.6) is 5.75 Å². The molecule has 0 aliphatic carbocycles. The summed E-state index contributed by atoms with van der Waals surface area (Å²) in [5, 5.41) is 1.52. The lowest BCUT2D eigenvalue weighted by molar-refractivity contribution is 0.344. The van der Waals surface area contributed by atoms with Crippen molar-refractivity contribution in [2.45, 2.75) is 5.16 Å². The van der Waals surface area contributed by atoms with E-state index in [4.69, 9.17) is 27.9 Å². The number of hydrogen-bond acceptors (Lipinski definition) is 4. The van der Waals surface area contributed by atoms with Gasteiger partial charge in [0.1, 0.15) is 11.6 Å². The fourth-order valence-corrected chi connectivity index (χ4v) is 4.01. The monoisotopic (exact) mass is 460 g/mol. The molecular formula is C22H15Cl2FN2O2S. The molecule has 4 aromatic rings. The highest BCUT2D eigenvalue weighted by atomic mass is 35.5. The minimum Gasteiger partial charge on any atom is -0.493 e. The Hall–Kier alpha value is -2.54. The molecule has 0 aliphatic rings. The molecule has 0 saturated carbocycles. The summed E-state index contributed by atoms with van der Waals surface area (Å²) in [5.74, 6) is 0.699. The van der Waals surface area contributed by atoms with Crippen molar-refractivity contribution in [1.29, 1.82) is 0 Å². The maximum atomic E-state index is 13.6. The molecule has 0 spiro atoms. The molecule has 0 bridgehead atoms. The summed E-state index contributed by atoms with van der Waals surface area (Å²) in [4.78, 5) is 17.8. The second kappa shape index (κ2) is 9.08. The van der Waals surface area contributed by atoms with Crippen LogP contribution in [0.1, 0.15) is 0 Å². The SMILES string of the molecule is O=c1c2ccccc2nc(SCCOc2ccc(Cl)cc2)n1-c1ccc(F)c(Cl)c1. The fraction of sp³-hybridized carbons (Fsp3) is 0.0909. The number of para-hydroxylation sites is 1. The van der Waals surface area contributed by atoms with E-state index in [0.717, 1.165) is 0 Å². The molecule has 0 unspecified atom stereocenters. The number of rotatable bonds is 6.